The van der Waals surface area contributed by atoms with Gasteiger partial charge < -0.3 is 15.2 Å². The fourth-order valence-corrected chi connectivity index (χ4v) is 2.68. The van der Waals surface area contributed by atoms with Crippen molar-refractivity contribution in [2.75, 3.05) is 0 Å². The van der Waals surface area contributed by atoms with Crippen LogP contribution in [0.25, 0.3) is 11.0 Å². The molecule has 0 saturated carbocycles. The zero-order valence-electron chi connectivity index (χ0n) is 12.8. The molecular weight excluding hydrogens is 325 g/mol. The number of carbonyl (C=O) groups is 2. The van der Waals surface area contributed by atoms with E-state index in [9.17, 15) is 22.8 Å². The Labute approximate surface area is 135 Å². The van der Waals surface area contributed by atoms with E-state index in [1.54, 1.807) is 11.6 Å². The van der Waals surface area contributed by atoms with Gasteiger partial charge in [0.05, 0.1) is 23.1 Å². The van der Waals surface area contributed by atoms with Gasteiger partial charge in [0.15, 0.2) is 0 Å². The molecule has 1 aromatic carbocycles. The second-order valence-electron chi connectivity index (χ2n) is 5.66. The first-order valence-electron chi connectivity index (χ1n) is 7.35. The van der Waals surface area contributed by atoms with Crippen LogP contribution >= 0.6 is 0 Å². The average molecular weight is 340 g/mol. The Kier molecular flexibility index (Phi) is 3.94. The van der Waals surface area contributed by atoms with Gasteiger partial charge in [0.25, 0.3) is 0 Å². The van der Waals surface area contributed by atoms with Crippen molar-refractivity contribution >= 4 is 22.8 Å². The Morgan fingerprint density at radius 2 is 2.21 bits per heavy atom. The number of nitrogens with one attached hydrogen (secondary N) is 2. The van der Waals surface area contributed by atoms with Crippen molar-refractivity contribution in [3.8, 4) is 0 Å². The van der Waals surface area contributed by atoms with Gasteiger partial charge in [-0.3, -0.25) is 9.59 Å². The maximum absolute atomic E-state index is 12.8. The number of amides is 2. The van der Waals surface area contributed by atoms with Gasteiger partial charge >= 0.3 is 6.18 Å². The van der Waals surface area contributed by atoms with Crippen LogP contribution in [0, 0.1) is 0 Å². The first-order chi connectivity index (χ1) is 11.3. The molecule has 1 aromatic heterocycles. The van der Waals surface area contributed by atoms with Crippen molar-refractivity contribution in [2.45, 2.75) is 31.6 Å². The first-order valence-corrected chi connectivity index (χ1v) is 7.35. The number of halogens is 3. The highest BCUT2D eigenvalue weighted by atomic mass is 19.4. The molecule has 1 aliphatic heterocycles. The number of aryl methyl sites for hydroxylation is 1. The molecule has 6 nitrogen and oxygen atoms in total. The van der Waals surface area contributed by atoms with E-state index in [0.29, 0.717) is 24.2 Å². The molecular formula is C15H15F3N4O2. The highest BCUT2D eigenvalue weighted by Gasteiger charge is 2.31. The molecule has 0 radical (unpaired) electrons. The number of fused-ring (bicyclic) bond motifs is 1. The molecule has 2 heterocycles. The van der Waals surface area contributed by atoms with E-state index in [2.05, 4.69) is 15.6 Å². The molecule has 1 aliphatic rings. The minimum atomic E-state index is -4.43. The molecule has 1 fully saturated rings. The molecule has 128 valence electrons. The average Bonchev–Trinajstić information content (AvgIpc) is 3.08. The van der Waals surface area contributed by atoms with E-state index in [1.165, 1.54) is 6.07 Å². The van der Waals surface area contributed by atoms with Crippen LogP contribution in [0.4, 0.5) is 13.2 Å². The third kappa shape index (κ3) is 3.06. The standard InChI is InChI=1S/C15H15F3N4O2/c1-22-11-4-2-8(15(16,17)18)6-10(11)20-12(22)7-19-14(24)9-3-5-13(23)21-9/h2,4,6,9H,3,5,7H2,1H3,(H,19,24)(H,21,23). The predicted molar refractivity (Wildman–Crippen MR) is 78.7 cm³/mol. The minimum absolute atomic E-state index is 0.0672. The molecule has 0 aliphatic carbocycles. The highest BCUT2D eigenvalue weighted by Crippen LogP contribution is 2.31. The van der Waals surface area contributed by atoms with E-state index in [4.69, 9.17) is 0 Å². The Bertz CT molecular complexity index is 813. The van der Waals surface area contributed by atoms with Gasteiger partial charge in [-0.05, 0) is 24.6 Å². The van der Waals surface area contributed by atoms with Crippen LogP contribution in [0.2, 0.25) is 0 Å². The SMILES string of the molecule is Cn1c(CNC(=O)C2CCC(=O)N2)nc2cc(C(F)(F)F)ccc21. The van der Waals surface area contributed by atoms with Gasteiger partial charge in [-0.15, -0.1) is 0 Å². The van der Waals surface area contributed by atoms with Crippen molar-refractivity contribution in [1.82, 2.24) is 20.2 Å². The maximum atomic E-state index is 12.8. The number of benzene rings is 1. The van der Waals surface area contributed by atoms with Crippen molar-refractivity contribution in [3.05, 3.63) is 29.6 Å². The van der Waals surface area contributed by atoms with E-state index in [0.717, 1.165) is 12.1 Å². The molecule has 24 heavy (non-hydrogen) atoms. The predicted octanol–water partition coefficient (Wildman–Crippen LogP) is 1.49. The number of alkyl halides is 3. The number of aromatic nitrogens is 2. The van der Waals surface area contributed by atoms with Crippen molar-refractivity contribution < 1.29 is 22.8 Å². The number of nitrogens with zero attached hydrogens (tertiary/aromatic N) is 2. The topological polar surface area (TPSA) is 76.0 Å². The summed E-state index contributed by atoms with van der Waals surface area (Å²) < 4.78 is 39.9. The summed E-state index contributed by atoms with van der Waals surface area (Å²) in [5.41, 5.74) is -0.00971. The number of carbonyl (C=O) groups excluding carboxylic acids is 2. The van der Waals surface area contributed by atoms with Crippen LogP contribution in [0.5, 0.6) is 0 Å². The van der Waals surface area contributed by atoms with E-state index in [-0.39, 0.29) is 23.9 Å². The largest absolute Gasteiger partial charge is 0.416 e. The van der Waals surface area contributed by atoms with Crippen molar-refractivity contribution in [3.63, 3.8) is 0 Å². The van der Waals surface area contributed by atoms with Crippen LogP contribution in [-0.2, 0) is 29.4 Å². The third-order valence-corrected chi connectivity index (χ3v) is 4.03. The zero-order chi connectivity index (χ0) is 17.5. The summed E-state index contributed by atoms with van der Waals surface area (Å²) in [5, 5.41) is 5.20. The summed E-state index contributed by atoms with van der Waals surface area (Å²) in [5.74, 6) is -0.0663. The van der Waals surface area contributed by atoms with E-state index < -0.39 is 17.8 Å². The second-order valence-corrected chi connectivity index (χ2v) is 5.66. The minimum Gasteiger partial charge on any atom is -0.347 e. The lowest BCUT2D eigenvalue weighted by atomic mass is 10.2. The number of hydrogen-bond acceptors (Lipinski definition) is 3. The van der Waals surface area contributed by atoms with Gasteiger partial charge in [0.2, 0.25) is 11.8 Å². The van der Waals surface area contributed by atoms with Crippen molar-refractivity contribution in [1.29, 1.82) is 0 Å². The lowest BCUT2D eigenvalue weighted by molar-refractivity contribution is -0.137. The summed E-state index contributed by atoms with van der Waals surface area (Å²) >= 11 is 0. The Morgan fingerprint density at radius 3 is 2.83 bits per heavy atom. The van der Waals surface area contributed by atoms with Crippen LogP contribution in [0.3, 0.4) is 0 Å². The first kappa shape index (κ1) is 16.3. The van der Waals surface area contributed by atoms with E-state index in [1.807, 2.05) is 0 Å². The molecule has 9 heteroatoms. The van der Waals surface area contributed by atoms with Crippen LogP contribution in [0.15, 0.2) is 18.2 Å². The normalized spacial score (nSPS) is 18.0. The lowest BCUT2D eigenvalue weighted by Crippen LogP contribution is -2.41. The molecule has 2 N–H and O–H groups in total. The summed E-state index contributed by atoms with van der Waals surface area (Å²) in [6.45, 7) is 0.0672. The Balaban J connectivity index is 1.76. The van der Waals surface area contributed by atoms with Gasteiger partial charge in [-0.2, -0.15) is 13.2 Å². The smallest absolute Gasteiger partial charge is 0.347 e. The van der Waals surface area contributed by atoms with Crippen molar-refractivity contribution in [2.24, 2.45) is 7.05 Å². The second kappa shape index (κ2) is 5.81. The third-order valence-electron chi connectivity index (χ3n) is 4.03. The summed E-state index contributed by atoms with van der Waals surface area (Å²) in [6, 6.07) is 2.77. The molecule has 2 aromatic rings. The molecule has 2 amide bonds. The number of imidazole rings is 1. The summed E-state index contributed by atoms with van der Waals surface area (Å²) in [4.78, 5) is 27.2. The summed E-state index contributed by atoms with van der Waals surface area (Å²) in [7, 11) is 1.67. The maximum Gasteiger partial charge on any atom is 0.416 e. The molecule has 1 atom stereocenters. The van der Waals surface area contributed by atoms with Crippen LogP contribution in [-0.4, -0.2) is 27.4 Å². The van der Waals surface area contributed by atoms with Gasteiger partial charge in [0, 0.05) is 13.5 Å². The van der Waals surface area contributed by atoms with E-state index >= 15 is 0 Å². The molecule has 0 spiro atoms. The number of hydrogen-bond donors (Lipinski definition) is 2. The zero-order valence-corrected chi connectivity index (χ0v) is 12.8. The number of rotatable bonds is 3. The van der Waals surface area contributed by atoms with Crippen LogP contribution < -0.4 is 10.6 Å². The molecule has 1 unspecified atom stereocenters. The fourth-order valence-electron chi connectivity index (χ4n) is 2.68. The quantitative estimate of drug-likeness (QED) is 0.889. The van der Waals surface area contributed by atoms with Gasteiger partial charge in [-0.1, -0.05) is 0 Å². The van der Waals surface area contributed by atoms with Crippen LogP contribution in [0.1, 0.15) is 24.2 Å². The Hall–Kier alpha value is -2.58. The Morgan fingerprint density at radius 1 is 1.46 bits per heavy atom. The lowest BCUT2D eigenvalue weighted by Gasteiger charge is -2.10. The van der Waals surface area contributed by atoms with Gasteiger partial charge in [-0.25, -0.2) is 4.98 Å². The summed E-state index contributed by atoms with van der Waals surface area (Å²) in [6.07, 6.45) is -3.69. The highest BCUT2D eigenvalue weighted by molar-refractivity contribution is 5.90. The monoisotopic (exact) mass is 340 g/mol. The molecule has 3 rings (SSSR count). The fraction of sp³-hybridized carbons (Fsp3) is 0.400. The molecule has 1 saturated heterocycles. The molecule has 0 bridgehead atoms. The van der Waals surface area contributed by atoms with Gasteiger partial charge in [0.1, 0.15) is 11.9 Å².